The predicted molar refractivity (Wildman–Crippen MR) is 116 cm³/mol. The second kappa shape index (κ2) is 8.41. The molecule has 0 bridgehead atoms. The molecule has 2 atom stereocenters. The van der Waals surface area contributed by atoms with Crippen LogP contribution in [0.1, 0.15) is 63.6 Å². The van der Waals surface area contributed by atoms with Crippen molar-refractivity contribution in [1.29, 1.82) is 0 Å². The van der Waals surface area contributed by atoms with Crippen LogP contribution < -0.4 is 9.47 Å². The molecule has 4 rings (SSSR count). The number of nitrogens with zero attached hydrogens (tertiary/aromatic N) is 1. The quantitative estimate of drug-likeness (QED) is 0.497. The molecule has 1 saturated carbocycles. The molecule has 0 radical (unpaired) electrons. The van der Waals surface area contributed by atoms with Crippen LogP contribution in [0.2, 0.25) is 0 Å². The van der Waals surface area contributed by atoms with Crippen LogP contribution in [-0.4, -0.2) is 49.1 Å². The van der Waals surface area contributed by atoms with Crippen molar-refractivity contribution in [3.05, 3.63) is 21.7 Å². The summed E-state index contributed by atoms with van der Waals surface area (Å²) in [5.41, 5.74) is 2.24. The molecule has 1 aromatic carbocycles. The van der Waals surface area contributed by atoms with Crippen molar-refractivity contribution in [2.75, 3.05) is 20.2 Å². The van der Waals surface area contributed by atoms with Gasteiger partial charge in [0, 0.05) is 19.1 Å². The number of benzene rings is 1. The minimum atomic E-state index is -4.14. The molecule has 2 aliphatic heterocycles. The van der Waals surface area contributed by atoms with E-state index in [2.05, 4.69) is 41.6 Å². The van der Waals surface area contributed by atoms with Crippen LogP contribution in [0, 0.1) is 5.92 Å². The van der Waals surface area contributed by atoms with E-state index in [9.17, 15) is 13.2 Å². The van der Waals surface area contributed by atoms with E-state index >= 15 is 0 Å². The van der Waals surface area contributed by atoms with Crippen molar-refractivity contribution in [3.8, 4) is 11.5 Å². The van der Waals surface area contributed by atoms with Gasteiger partial charge in [0.1, 0.15) is 6.10 Å². The summed E-state index contributed by atoms with van der Waals surface area (Å²) in [5, 5.41) is 0. The van der Waals surface area contributed by atoms with Gasteiger partial charge in [0.25, 0.3) is 0 Å². The molecule has 1 aromatic rings. The average Bonchev–Trinajstić information content (AvgIpc) is 2.62. The maximum absolute atomic E-state index is 12.8. The van der Waals surface area contributed by atoms with Gasteiger partial charge in [-0.2, -0.15) is 13.2 Å². The summed E-state index contributed by atoms with van der Waals surface area (Å²) < 4.78 is 57.2. The first-order valence-electron chi connectivity index (χ1n) is 11.0. The number of rotatable bonds is 4. The lowest BCUT2D eigenvalue weighted by molar-refractivity contribution is -0.210. The van der Waals surface area contributed by atoms with Crippen LogP contribution in [-0.2, 0) is 11.2 Å². The number of hydrogen-bond donors (Lipinski definition) is 0. The van der Waals surface area contributed by atoms with Gasteiger partial charge in [0.15, 0.2) is 11.5 Å². The van der Waals surface area contributed by atoms with Crippen molar-refractivity contribution < 1.29 is 27.4 Å². The topological polar surface area (TPSA) is 30.9 Å². The van der Waals surface area contributed by atoms with Gasteiger partial charge in [0.2, 0.25) is 0 Å². The van der Waals surface area contributed by atoms with E-state index in [1.165, 1.54) is 11.1 Å². The smallest absolute Gasteiger partial charge is 0.392 e. The number of alkyl halides is 3. The molecule has 2 fully saturated rings. The summed E-state index contributed by atoms with van der Waals surface area (Å²) in [6, 6.07) is 2.32. The molecule has 2 unspecified atom stereocenters. The first-order valence-corrected chi connectivity index (χ1v) is 11.8. The molecule has 1 saturated heterocycles. The summed E-state index contributed by atoms with van der Waals surface area (Å²) in [6.07, 6.45) is -1.49. The van der Waals surface area contributed by atoms with Gasteiger partial charge in [-0.25, -0.2) is 0 Å². The van der Waals surface area contributed by atoms with E-state index in [0.29, 0.717) is 17.5 Å². The molecule has 2 heterocycles. The highest BCUT2D eigenvalue weighted by Crippen LogP contribution is 2.50. The Morgan fingerprint density at radius 3 is 2.42 bits per heavy atom. The van der Waals surface area contributed by atoms with Crippen LogP contribution in [0.4, 0.5) is 13.2 Å². The predicted octanol–water partition coefficient (Wildman–Crippen LogP) is 6.05. The lowest BCUT2D eigenvalue weighted by Gasteiger charge is -2.45. The summed E-state index contributed by atoms with van der Waals surface area (Å²) in [6.45, 7) is 8.10. The Morgan fingerprint density at radius 1 is 1.10 bits per heavy atom. The molecule has 31 heavy (non-hydrogen) atoms. The molecule has 1 aliphatic carbocycles. The fourth-order valence-corrected chi connectivity index (χ4v) is 5.75. The minimum absolute atomic E-state index is 0.00173. The summed E-state index contributed by atoms with van der Waals surface area (Å²) in [7, 11) is 1.58. The summed E-state index contributed by atoms with van der Waals surface area (Å²) >= 11 is 3.69. The zero-order chi connectivity index (χ0) is 22.6. The Labute approximate surface area is 190 Å². The van der Waals surface area contributed by atoms with Crippen LogP contribution in [0.25, 0.3) is 0 Å². The number of ether oxygens (including phenoxy) is 3. The highest BCUT2D eigenvalue weighted by Gasteiger charge is 2.49. The van der Waals surface area contributed by atoms with Gasteiger partial charge < -0.3 is 14.2 Å². The second-order valence-electron chi connectivity index (χ2n) is 9.93. The third-order valence-corrected chi connectivity index (χ3v) is 7.39. The molecule has 0 amide bonds. The van der Waals surface area contributed by atoms with Crippen molar-refractivity contribution in [3.63, 3.8) is 0 Å². The normalized spacial score (nSPS) is 29.0. The maximum atomic E-state index is 12.8. The van der Waals surface area contributed by atoms with Crippen molar-refractivity contribution in [2.24, 2.45) is 5.92 Å². The van der Waals surface area contributed by atoms with E-state index in [0.717, 1.165) is 36.8 Å². The molecule has 3 aliphatic rings. The van der Waals surface area contributed by atoms with E-state index in [1.807, 2.05) is 6.07 Å². The monoisotopic (exact) mass is 505 g/mol. The number of fused-ring (bicyclic) bond motifs is 3. The fraction of sp³-hybridized carbons (Fsp3) is 0.739. The second-order valence-corrected chi connectivity index (χ2v) is 10.7. The van der Waals surface area contributed by atoms with E-state index < -0.39 is 18.2 Å². The zero-order valence-electron chi connectivity index (χ0n) is 18.5. The average molecular weight is 506 g/mol. The Bertz CT molecular complexity index is 818. The van der Waals surface area contributed by atoms with Gasteiger partial charge >= 0.3 is 6.18 Å². The third-order valence-electron chi connectivity index (χ3n) is 6.55. The SMILES string of the molecule is COc1cc2c(c(Br)c1OC1CC(C(F)(F)F)C1)CCN1CC(OC(C)(C)C)CCC21. The highest BCUT2D eigenvalue weighted by molar-refractivity contribution is 9.10. The van der Waals surface area contributed by atoms with Gasteiger partial charge in [-0.3, -0.25) is 4.90 Å². The molecule has 4 nitrogen and oxygen atoms in total. The molecule has 174 valence electrons. The lowest BCUT2D eigenvalue weighted by Crippen LogP contribution is -2.47. The van der Waals surface area contributed by atoms with Gasteiger partial charge in [-0.1, -0.05) is 0 Å². The molecular formula is C23H31BrF3NO3. The first kappa shape index (κ1) is 23.2. The summed E-state index contributed by atoms with van der Waals surface area (Å²) in [5.74, 6) is -0.153. The van der Waals surface area contributed by atoms with Crippen LogP contribution in [0.3, 0.4) is 0 Å². The van der Waals surface area contributed by atoms with Crippen molar-refractivity contribution >= 4 is 15.9 Å². The molecule has 8 heteroatoms. The van der Waals surface area contributed by atoms with Crippen molar-refractivity contribution in [1.82, 2.24) is 4.90 Å². The fourth-order valence-electron chi connectivity index (χ4n) is 5.03. The van der Waals surface area contributed by atoms with Gasteiger partial charge in [-0.05, 0) is 86.0 Å². The molecular weight excluding hydrogens is 475 g/mol. The maximum Gasteiger partial charge on any atom is 0.392 e. The molecule has 0 spiro atoms. The Morgan fingerprint density at radius 2 is 1.81 bits per heavy atom. The Balaban J connectivity index is 1.51. The lowest BCUT2D eigenvalue weighted by atomic mass is 9.81. The number of methoxy groups -OCH3 is 1. The van der Waals surface area contributed by atoms with Crippen LogP contribution >= 0.6 is 15.9 Å². The standard InChI is InChI=1S/C23H31BrF3NO3/c1-22(2,3)31-14-5-6-18-17-11-19(29-4)21(20(24)16(17)7-8-28(18)12-14)30-15-9-13(10-15)23(25,26)27/h11,13-15,18H,5-10,12H2,1-4H3. The number of piperidine rings is 1. The van der Waals surface area contributed by atoms with Crippen molar-refractivity contribution in [2.45, 2.75) is 82.9 Å². The van der Waals surface area contributed by atoms with E-state index in [-0.39, 0.29) is 24.5 Å². The minimum Gasteiger partial charge on any atom is -0.493 e. The third kappa shape index (κ3) is 4.86. The van der Waals surface area contributed by atoms with E-state index in [1.54, 1.807) is 7.11 Å². The Kier molecular flexibility index (Phi) is 6.29. The van der Waals surface area contributed by atoms with Crippen LogP contribution in [0.15, 0.2) is 10.5 Å². The van der Waals surface area contributed by atoms with Gasteiger partial charge in [0.05, 0.1) is 29.2 Å². The Hall–Kier alpha value is -0.990. The first-order chi connectivity index (χ1) is 14.5. The number of hydrogen-bond acceptors (Lipinski definition) is 4. The van der Waals surface area contributed by atoms with Crippen LogP contribution in [0.5, 0.6) is 11.5 Å². The van der Waals surface area contributed by atoms with E-state index in [4.69, 9.17) is 14.2 Å². The largest absolute Gasteiger partial charge is 0.493 e. The zero-order valence-corrected chi connectivity index (χ0v) is 20.1. The highest BCUT2D eigenvalue weighted by atomic mass is 79.9. The molecule has 0 aromatic heterocycles. The number of halogens is 4. The summed E-state index contributed by atoms with van der Waals surface area (Å²) in [4.78, 5) is 2.48. The molecule has 0 N–H and O–H groups in total. The van der Waals surface area contributed by atoms with Gasteiger partial charge in [-0.15, -0.1) is 0 Å².